The number of hydrogen-bond acceptors (Lipinski definition) is 1. The molecule has 0 spiro atoms. The molecule has 0 amide bonds. The largest absolute Gasteiger partial charge is 0.416 e. The van der Waals surface area contributed by atoms with Crippen molar-refractivity contribution in [3.8, 4) is 11.1 Å². The minimum Gasteiger partial charge on any atom is -0.294 e. The first-order valence-electron chi connectivity index (χ1n) is 9.05. The van der Waals surface area contributed by atoms with Crippen molar-refractivity contribution in [1.82, 2.24) is 4.90 Å². The van der Waals surface area contributed by atoms with Crippen LogP contribution in [0.5, 0.6) is 0 Å². The Kier molecular flexibility index (Phi) is 4.75. The molecule has 4 rings (SSSR count). The molecule has 3 aromatic rings. The van der Waals surface area contributed by atoms with Crippen LogP contribution < -0.4 is 0 Å². The van der Waals surface area contributed by atoms with E-state index in [4.69, 9.17) is 0 Å². The van der Waals surface area contributed by atoms with E-state index >= 15 is 0 Å². The highest BCUT2D eigenvalue weighted by Gasteiger charge is 2.30. The molecule has 0 aromatic heterocycles. The van der Waals surface area contributed by atoms with Gasteiger partial charge in [0, 0.05) is 19.6 Å². The average Bonchev–Trinajstić information content (AvgIpc) is 2.68. The first kappa shape index (κ1) is 17.8. The second-order valence-corrected chi connectivity index (χ2v) is 7.00. The first-order valence-corrected chi connectivity index (χ1v) is 9.05. The maximum Gasteiger partial charge on any atom is 0.416 e. The first-order chi connectivity index (χ1) is 13.0. The molecule has 1 heterocycles. The van der Waals surface area contributed by atoms with Gasteiger partial charge in [-0.25, -0.2) is 0 Å². The maximum absolute atomic E-state index is 12.8. The summed E-state index contributed by atoms with van der Waals surface area (Å²) in [5, 5.41) is 0. The topological polar surface area (TPSA) is 3.24 Å². The van der Waals surface area contributed by atoms with Gasteiger partial charge in [-0.3, -0.25) is 4.90 Å². The molecule has 0 saturated heterocycles. The molecule has 0 atom stereocenters. The summed E-state index contributed by atoms with van der Waals surface area (Å²) in [5.74, 6) is 0. The molecule has 0 fully saturated rings. The van der Waals surface area contributed by atoms with Gasteiger partial charge in [-0.05, 0) is 52.4 Å². The van der Waals surface area contributed by atoms with Crippen molar-refractivity contribution in [3.05, 3.63) is 95.1 Å². The molecule has 138 valence electrons. The van der Waals surface area contributed by atoms with Gasteiger partial charge in [0.25, 0.3) is 0 Å². The molecule has 1 nitrogen and oxygen atoms in total. The van der Waals surface area contributed by atoms with Crippen molar-refractivity contribution in [1.29, 1.82) is 0 Å². The second-order valence-electron chi connectivity index (χ2n) is 7.00. The van der Waals surface area contributed by atoms with Gasteiger partial charge in [-0.1, -0.05) is 54.6 Å². The number of fused-ring (bicyclic) bond motifs is 1. The number of hydrogen-bond donors (Lipinski definition) is 0. The highest BCUT2D eigenvalue weighted by atomic mass is 19.4. The lowest BCUT2D eigenvalue weighted by atomic mass is 9.94. The summed E-state index contributed by atoms with van der Waals surface area (Å²) in [7, 11) is 0. The summed E-state index contributed by atoms with van der Waals surface area (Å²) in [4.78, 5) is 2.41. The van der Waals surface area contributed by atoms with E-state index in [9.17, 15) is 13.2 Å². The Hall–Kier alpha value is -2.59. The van der Waals surface area contributed by atoms with E-state index in [0.717, 1.165) is 49.3 Å². The molecule has 0 radical (unpaired) electrons. The Morgan fingerprint density at radius 2 is 1.48 bits per heavy atom. The van der Waals surface area contributed by atoms with Crippen molar-refractivity contribution in [2.24, 2.45) is 0 Å². The molecular weight excluding hydrogens is 347 g/mol. The number of halogens is 3. The third kappa shape index (κ3) is 4.06. The van der Waals surface area contributed by atoms with E-state index in [1.54, 1.807) is 12.1 Å². The third-order valence-electron chi connectivity index (χ3n) is 5.09. The predicted molar refractivity (Wildman–Crippen MR) is 101 cm³/mol. The second kappa shape index (κ2) is 7.20. The standard InChI is InChI=1S/C23H20F3N/c24-23(25,26)22-10-8-18(9-11-22)20-7-6-19-12-13-27(16-21(19)14-20)15-17-4-2-1-3-5-17/h1-11,14H,12-13,15-16H2. The fourth-order valence-electron chi connectivity index (χ4n) is 3.62. The van der Waals surface area contributed by atoms with Gasteiger partial charge in [-0.2, -0.15) is 13.2 Å². The number of rotatable bonds is 3. The van der Waals surface area contributed by atoms with Gasteiger partial charge in [0.1, 0.15) is 0 Å². The zero-order chi connectivity index (χ0) is 18.9. The lowest BCUT2D eigenvalue weighted by Crippen LogP contribution is -2.30. The maximum atomic E-state index is 12.8. The van der Waals surface area contributed by atoms with Crippen LogP contribution in [0, 0.1) is 0 Å². The van der Waals surface area contributed by atoms with Crippen molar-refractivity contribution in [2.45, 2.75) is 25.7 Å². The minimum absolute atomic E-state index is 0.613. The molecule has 27 heavy (non-hydrogen) atoms. The summed E-state index contributed by atoms with van der Waals surface area (Å²) < 4.78 is 38.3. The molecule has 1 aliphatic rings. The number of benzene rings is 3. The smallest absolute Gasteiger partial charge is 0.294 e. The molecule has 3 aromatic carbocycles. The lowest BCUT2D eigenvalue weighted by molar-refractivity contribution is -0.137. The van der Waals surface area contributed by atoms with Gasteiger partial charge in [0.05, 0.1) is 5.56 Å². The molecule has 0 bridgehead atoms. The Labute approximate surface area is 157 Å². The van der Waals surface area contributed by atoms with Crippen molar-refractivity contribution in [2.75, 3.05) is 6.54 Å². The van der Waals surface area contributed by atoms with E-state index in [2.05, 4.69) is 41.3 Å². The molecule has 0 aliphatic carbocycles. The van der Waals surface area contributed by atoms with E-state index in [0.29, 0.717) is 0 Å². The molecule has 0 N–H and O–H groups in total. The average molecular weight is 367 g/mol. The fourth-order valence-corrected chi connectivity index (χ4v) is 3.62. The zero-order valence-corrected chi connectivity index (χ0v) is 14.8. The number of nitrogens with zero attached hydrogens (tertiary/aromatic N) is 1. The predicted octanol–water partition coefficient (Wildman–Crippen LogP) is 5.93. The van der Waals surface area contributed by atoms with Gasteiger partial charge in [-0.15, -0.1) is 0 Å². The normalized spacial score (nSPS) is 14.8. The van der Waals surface area contributed by atoms with Crippen LogP contribution in [0.2, 0.25) is 0 Å². The van der Waals surface area contributed by atoms with E-state index < -0.39 is 11.7 Å². The van der Waals surface area contributed by atoms with Crippen LogP contribution >= 0.6 is 0 Å². The monoisotopic (exact) mass is 367 g/mol. The molecule has 0 saturated carbocycles. The van der Waals surface area contributed by atoms with E-state index in [1.165, 1.54) is 16.7 Å². The Morgan fingerprint density at radius 1 is 0.778 bits per heavy atom. The summed E-state index contributed by atoms with van der Waals surface area (Å²) in [6.45, 7) is 2.78. The summed E-state index contributed by atoms with van der Waals surface area (Å²) >= 11 is 0. The highest BCUT2D eigenvalue weighted by Crippen LogP contribution is 2.32. The van der Waals surface area contributed by atoms with Crippen LogP contribution in [0.15, 0.2) is 72.8 Å². The van der Waals surface area contributed by atoms with Gasteiger partial charge in [0.2, 0.25) is 0 Å². The minimum atomic E-state index is -4.30. The quantitative estimate of drug-likeness (QED) is 0.554. The number of alkyl halides is 3. The van der Waals surface area contributed by atoms with Crippen LogP contribution in [0.25, 0.3) is 11.1 Å². The lowest BCUT2D eigenvalue weighted by Gasteiger charge is -2.29. The Balaban J connectivity index is 1.54. The molecule has 4 heteroatoms. The molecular formula is C23H20F3N. The van der Waals surface area contributed by atoms with E-state index in [-0.39, 0.29) is 0 Å². The van der Waals surface area contributed by atoms with Crippen LogP contribution in [-0.2, 0) is 25.7 Å². The van der Waals surface area contributed by atoms with Crippen molar-refractivity contribution >= 4 is 0 Å². The third-order valence-corrected chi connectivity index (χ3v) is 5.09. The SMILES string of the molecule is FC(F)(F)c1ccc(-c2ccc3c(c2)CN(Cc2ccccc2)CC3)cc1. The van der Waals surface area contributed by atoms with Gasteiger partial charge < -0.3 is 0 Å². The van der Waals surface area contributed by atoms with Gasteiger partial charge in [0.15, 0.2) is 0 Å². The fraction of sp³-hybridized carbons (Fsp3) is 0.217. The van der Waals surface area contributed by atoms with Crippen LogP contribution in [0.1, 0.15) is 22.3 Å². The summed E-state index contributed by atoms with van der Waals surface area (Å²) in [6, 6.07) is 22.0. The van der Waals surface area contributed by atoms with Crippen LogP contribution in [-0.4, -0.2) is 11.4 Å². The van der Waals surface area contributed by atoms with Crippen LogP contribution in [0.3, 0.4) is 0 Å². The van der Waals surface area contributed by atoms with Crippen molar-refractivity contribution < 1.29 is 13.2 Å². The van der Waals surface area contributed by atoms with E-state index in [1.807, 2.05) is 12.1 Å². The van der Waals surface area contributed by atoms with Gasteiger partial charge >= 0.3 is 6.18 Å². The highest BCUT2D eigenvalue weighted by molar-refractivity contribution is 5.65. The Morgan fingerprint density at radius 3 is 2.19 bits per heavy atom. The Bertz CT molecular complexity index is 915. The zero-order valence-electron chi connectivity index (χ0n) is 14.8. The molecule has 0 unspecified atom stereocenters. The van der Waals surface area contributed by atoms with Crippen molar-refractivity contribution in [3.63, 3.8) is 0 Å². The summed E-state index contributed by atoms with van der Waals surface area (Å²) in [5.41, 5.74) is 5.04. The summed E-state index contributed by atoms with van der Waals surface area (Å²) in [6.07, 6.45) is -3.30. The van der Waals surface area contributed by atoms with Crippen LogP contribution in [0.4, 0.5) is 13.2 Å². The molecule has 1 aliphatic heterocycles.